The van der Waals surface area contributed by atoms with Gasteiger partial charge in [-0.2, -0.15) is 0 Å². The summed E-state index contributed by atoms with van der Waals surface area (Å²) >= 11 is 0. The first kappa shape index (κ1) is 21.6. The molecule has 4 aromatic rings. The summed E-state index contributed by atoms with van der Waals surface area (Å²) in [7, 11) is 0. The highest BCUT2D eigenvalue weighted by molar-refractivity contribution is 5.84. The zero-order chi connectivity index (χ0) is 22.6. The Kier molecular flexibility index (Phi) is 6.39. The molecule has 0 atom stereocenters. The second-order valence-electron chi connectivity index (χ2n) is 9.11. The average Bonchev–Trinajstić information content (AvgIpc) is 3.23. The third kappa shape index (κ3) is 4.64. The molecule has 0 fully saturated rings. The number of nitrogens with two attached hydrogens (primary N) is 2. The van der Waals surface area contributed by atoms with Gasteiger partial charge in [0.05, 0.1) is 0 Å². The predicted octanol–water partition coefficient (Wildman–Crippen LogP) is 6.37. The molecule has 166 valence electrons. The molecule has 0 saturated heterocycles. The number of hydrogen-bond acceptors (Lipinski definition) is 2. The van der Waals surface area contributed by atoms with E-state index in [4.69, 9.17) is 11.5 Å². The van der Waals surface area contributed by atoms with Crippen molar-refractivity contribution >= 4 is 0 Å². The fourth-order valence-corrected chi connectivity index (χ4v) is 4.95. The second kappa shape index (κ2) is 9.74. The third-order valence-corrected chi connectivity index (χ3v) is 6.75. The highest BCUT2D eigenvalue weighted by Gasteiger charge is 2.20. The number of aryl methyl sites for hydroxylation is 2. The van der Waals surface area contributed by atoms with E-state index in [0.29, 0.717) is 0 Å². The van der Waals surface area contributed by atoms with E-state index in [1.807, 2.05) is 0 Å². The molecular formula is C31H32N2. The number of benzene rings is 4. The van der Waals surface area contributed by atoms with Crippen LogP contribution in [0.2, 0.25) is 0 Å². The van der Waals surface area contributed by atoms with Crippen LogP contribution in [0, 0.1) is 0 Å². The van der Waals surface area contributed by atoms with Crippen molar-refractivity contribution in [3.05, 3.63) is 107 Å². The predicted molar refractivity (Wildman–Crippen MR) is 140 cm³/mol. The second-order valence-corrected chi connectivity index (χ2v) is 9.11. The first-order chi connectivity index (χ1) is 16.2. The Bertz CT molecular complexity index is 1170. The Morgan fingerprint density at radius 3 is 1.42 bits per heavy atom. The quantitative estimate of drug-likeness (QED) is 0.299. The lowest BCUT2D eigenvalue weighted by molar-refractivity contribution is 0.833. The summed E-state index contributed by atoms with van der Waals surface area (Å²) in [5.74, 6) is 0. The number of hydrogen-bond donors (Lipinski definition) is 2. The number of fused-ring (bicyclic) bond motifs is 3. The molecule has 4 N–H and O–H groups in total. The van der Waals surface area contributed by atoms with Gasteiger partial charge in [0.25, 0.3) is 0 Å². The maximum absolute atomic E-state index is 5.71. The topological polar surface area (TPSA) is 52.0 Å². The lowest BCUT2D eigenvalue weighted by Crippen LogP contribution is -2.00. The SMILES string of the molecule is NCCCc1cccc(-c2ccc3c(c2)-c2cc(-c4cccc(CCCN)c4)ccc2C3)c1. The van der Waals surface area contributed by atoms with Gasteiger partial charge in [0.15, 0.2) is 0 Å². The fourth-order valence-electron chi connectivity index (χ4n) is 4.95. The van der Waals surface area contributed by atoms with Crippen LogP contribution in [0.5, 0.6) is 0 Å². The number of rotatable bonds is 8. The van der Waals surface area contributed by atoms with Gasteiger partial charge in [-0.3, -0.25) is 0 Å². The Hall–Kier alpha value is -3.20. The van der Waals surface area contributed by atoms with Gasteiger partial charge in [0.2, 0.25) is 0 Å². The van der Waals surface area contributed by atoms with Gasteiger partial charge in [0, 0.05) is 0 Å². The van der Waals surface area contributed by atoms with E-state index >= 15 is 0 Å². The van der Waals surface area contributed by atoms with Gasteiger partial charge < -0.3 is 11.5 Å². The minimum atomic E-state index is 0.734. The molecule has 0 unspecified atom stereocenters. The molecule has 1 aliphatic carbocycles. The molecule has 0 saturated carbocycles. The van der Waals surface area contributed by atoms with Crippen molar-refractivity contribution in [2.75, 3.05) is 13.1 Å². The van der Waals surface area contributed by atoms with Crippen LogP contribution in [0.25, 0.3) is 33.4 Å². The van der Waals surface area contributed by atoms with Crippen molar-refractivity contribution in [2.24, 2.45) is 11.5 Å². The van der Waals surface area contributed by atoms with Crippen LogP contribution in [0.1, 0.15) is 35.1 Å². The van der Waals surface area contributed by atoms with Gasteiger partial charge in [-0.15, -0.1) is 0 Å². The minimum absolute atomic E-state index is 0.734. The van der Waals surface area contributed by atoms with Crippen LogP contribution < -0.4 is 11.5 Å². The largest absolute Gasteiger partial charge is 0.330 e. The fraction of sp³-hybridized carbons (Fsp3) is 0.226. The monoisotopic (exact) mass is 432 g/mol. The Morgan fingerprint density at radius 1 is 0.515 bits per heavy atom. The molecule has 0 aromatic heterocycles. The molecule has 4 aromatic carbocycles. The third-order valence-electron chi connectivity index (χ3n) is 6.75. The summed E-state index contributed by atoms with van der Waals surface area (Å²) in [4.78, 5) is 0. The first-order valence-electron chi connectivity index (χ1n) is 12.1. The summed E-state index contributed by atoms with van der Waals surface area (Å²) in [5.41, 5.74) is 24.8. The Labute approximate surface area is 197 Å². The normalized spacial score (nSPS) is 11.9. The lowest BCUT2D eigenvalue weighted by Gasteiger charge is -2.10. The molecule has 0 radical (unpaired) electrons. The average molecular weight is 433 g/mol. The zero-order valence-corrected chi connectivity index (χ0v) is 19.2. The molecule has 2 heteroatoms. The van der Waals surface area contributed by atoms with E-state index in [9.17, 15) is 0 Å². The van der Waals surface area contributed by atoms with Crippen LogP contribution >= 0.6 is 0 Å². The molecule has 1 aliphatic rings. The lowest BCUT2D eigenvalue weighted by atomic mass is 9.94. The summed E-state index contributed by atoms with van der Waals surface area (Å²) in [6, 6.07) is 31.7. The molecular weight excluding hydrogens is 400 g/mol. The Morgan fingerprint density at radius 2 is 0.970 bits per heavy atom. The standard InChI is InChI=1S/C31H32N2/c32-15-3-7-22-5-1-9-24(17-22)26-11-13-28-19-29-14-12-27(21-31(29)30(28)20-26)25-10-2-6-23(18-25)8-4-16-33/h1-2,5-6,9-14,17-18,20-21H,3-4,7-8,15-16,19,32-33H2. The maximum atomic E-state index is 5.71. The molecule has 0 aliphatic heterocycles. The van der Waals surface area contributed by atoms with E-state index < -0.39 is 0 Å². The molecule has 0 spiro atoms. The minimum Gasteiger partial charge on any atom is -0.330 e. The van der Waals surface area contributed by atoms with Crippen LogP contribution in [0.15, 0.2) is 84.9 Å². The molecule has 2 nitrogen and oxygen atoms in total. The van der Waals surface area contributed by atoms with Crippen LogP contribution in [-0.4, -0.2) is 13.1 Å². The van der Waals surface area contributed by atoms with Crippen molar-refractivity contribution < 1.29 is 0 Å². The molecule has 0 amide bonds. The summed E-state index contributed by atoms with van der Waals surface area (Å²) < 4.78 is 0. The maximum Gasteiger partial charge on any atom is -0.00134 e. The van der Waals surface area contributed by atoms with E-state index in [0.717, 1.165) is 45.2 Å². The van der Waals surface area contributed by atoms with E-state index in [1.54, 1.807) is 0 Å². The first-order valence-corrected chi connectivity index (χ1v) is 12.1. The molecule has 0 bridgehead atoms. The zero-order valence-electron chi connectivity index (χ0n) is 19.2. The smallest absolute Gasteiger partial charge is 0.00134 e. The van der Waals surface area contributed by atoms with Gasteiger partial charge in [0.1, 0.15) is 0 Å². The van der Waals surface area contributed by atoms with Crippen LogP contribution in [0.3, 0.4) is 0 Å². The van der Waals surface area contributed by atoms with Gasteiger partial charge in [-0.05, 0) is 113 Å². The van der Waals surface area contributed by atoms with Crippen LogP contribution in [-0.2, 0) is 19.3 Å². The van der Waals surface area contributed by atoms with Crippen molar-refractivity contribution in [2.45, 2.75) is 32.1 Å². The van der Waals surface area contributed by atoms with Crippen molar-refractivity contribution in [1.29, 1.82) is 0 Å². The van der Waals surface area contributed by atoms with E-state index in [-0.39, 0.29) is 0 Å². The summed E-state index contributed by atoms with van der Waals surface area (Å²) in [5, 5.41) is 0. The molecule has 0 heterocycles. The molecule has 33 heavy (non-hydrogen) atoms. The summed E-state index contributed by atoms with van der Waals surface area (Å²) in [6.45, 7) is 1.47. The van der Waals surface area contributed by atoms with E-state index in [1.165, 1.54) is 55.6 Å². The Balaban J connectivity index is 1.48. The van der Waals surface area contributed by atoms with Crippen molar-refractivity contribution in [1.82, 2.24) is 0 Å². The van der Waals surface area contributed by atoms with Crippen molar-refractivity contribution in [3.63, 3.8) is 0 Å². The van der Waals surface area contributed by atoms with Crippen molar-refractivity contribution in [3.8, 4) is 33.4 Å². The molecule has 5 rings (SSSR count). The van der Waals surface area contributed by atoms with Gasteiger partial charge >= 0.3 is 0 Å². The highest BCUT2D eigenvalue weighted by Crippen LogP contribution is 2.41. The van der Waals surface area contributed by atoms with Gasteiger partial charge in [-0.25, -0.2) is 0 Å². The van der Waals surface area contributed by atoms with Gasteiger partial charge in [-0.1, -0.05) is 72.8 Å². The summed E-state index contributed by atoms with van der Waals surface area (Å²) in [6.07, 6.45) is 5.13. The highest BCUT2D eigenvalue weighted by atomic mass is 14.5. The van der Waals surface area contributed by atoms with Crippen LogP contribution in [0.4, 0.5) is 0 Å². The van der Waals surface area contributed by atoms with E-state index in [2.05, 4.69) is 84.9 Å².